The second-order valence-electron chi connectivity index (χ2n) is 8.34. The van der Waals surface area contributed by atoms with E-state index < -0.39 is 38.2 Å². The Labute approximate surface area is 204 Å². The van der Waals surface area contributed by atoms with Gasteiger partial charge in [-0.15, -0.1) is 11.8 Å². The second kappa shape index (κ2) is 9.96. The largest absolute Gasteiger partial charge is 0.465 e. The molecule has 6 nitrogen and oxygen atoms in total. The van der Waals surface area contributed by atoms with Crippen molar-refractivity contribution < 1.29 is 27.5 Å². The highest BCUT2D eigenvalue weighted by Gasteiger charge is 2.58. The minimum absolute atomic E-state index is 0.0428. The van der Waals surface area contributed by atoms with Gasteiger partial charge in [0.15, 0.2) is 20.3 Å². The van der Waals surface area contributed by atoms with E-state index in [0.29, 0.717) is 12.0 Å². The van der Waals surface area contributed by atoms with Gasteiger partial charge < -0.3 is 9.47 Å². The Morgan fingerprint density at radius 1 is 0.941 bits per heavy atom. The number of thioether (sulfide) groups is 1. The lowest BCUT2D eigenvalue weighted by atomic mass is 9.87. The van der Waals surface area contributed by atoms with Crippen LogP contribution in [0.15, 0.2) is 65.1 Å². The molecule has 0 saturated heterocycles. The van der Waals surface area contributed by atoms with Crippen molar-refractivity contribution in [2.45, 2.75) is 48.9 Å². The molecule has 2 aromatic carbocycles. The highest BCUT2D eigenvalue weighted by atomic mass is 32.2. The van der Waals surface area contributed by atoms with Crippen molar-refractivity contribution in [2.24, 2.45) is 0 Å². The van der Waals surface area contributed by atoms with E-state index in [1.54, 1.807) is 13.8 Å². The molecule has 34 heavy (non-hydrogen) atoms. The van der Waals surface area contributed by atoms with Gasteiger partial charge in [0.25, 0.3) is 0 Å². The van der Waals surface area contributed by atoms with Crippen molar-refractivity contribution in [3.63, 3.8) is 0 Å². The van der Waals surface area contributed by atoms with E-state index in [9.17, 15) is 18.0 Å². The van der Waals surface area contributed by atoms with Crippen LogP contribution in [0, 0.1) is 6.92 Å². The molecule has 2 aliphatic heterocycles. The number of benzene rings is 2. The number of carbonyl (C=O) groups is 2. The lowest BCUT2D eigenvalue weighted by molar-refractivity contribution is -0.142. The van der Waals surface area contributed by atoms with E-state index in [4.69, 9.17) is 9.47 Å². The van der Waals surface area contributed by atoms with E-state index in [-0.39, 0.29) is 18.5 Å². The maximum absolute atomic E-state index is 14.0. The van der Waals surface area contributed by atoms with Gasteiger partial charge in [-0.3, -0.25) is 9.59 Å². The third-order valence-electron chi connectivity index (χ3n) is 6.29. The van der Waals surface area contributed by atoms with Crippen LogP contribution in [0.25, 0.3) is 0 Å². The van der Waals surface area contributed by atoms with Crippen LogP contribution < -0.4 is 0 Å². The molecule has 0 radical (unpaired) electrons. The predicted octanol–water partition coefficient (Wildman–Crippen LogP) is 4.50. The molecule has 0 unspecified atom stereocenters. The molecule has 0 aliphatic carbocycles. The Balaban J connectivity index is 1.94. The number of hydrogen-bond acceptors (Lipinski definition) is 7. The molecule has 180 valence electrons. The fourth-order valence-corrected chi connectivity index (χ4v) is 8.87. The van der Waals surface area contributed by atoms with Gasteiger partial charge in [-0.1, -0.05) is 54.6 Å². The van der Waals surface area contributed by atoms with Crippen LogP contribution in [0.3, 0.4) is 0 Å². The first-order valence-corrected chi connectivity index (χ1v) is 13.9. The summed E-state index contributed by atoms with van der Waals surface area (Å²) in [5.41, 5.74) is 3.20. The number of aryl methyl sites for hydroxylation is 1. The fourth-order valence-electron chi connectivity index (χ4n) is 4.83. The topological polar surface area (TPSA) is 86.7 Å². The summed E-state index contributed by atoms with van der Waals surface area (Å²) in [6, 6.07) is 17.3. The molecule has 2 aromatic rings. The average molecular weight is 501 g/mol. The molecule has 0 saturated carbocycles. The molecule has 0 fully saturated rings. The molecule has 4 rings (SSSR count). The molecule has 0 N–H and O–H groups in total. The van der Waals surface area contributed by atoms with Gasteiger partial charge in [-0.25, -0.2) is 8.42 Å². The van der Waals surface area contributed by atoms with Crippen LogP contribution in [-0.4, -0.2) is 44.1 Å². The number of ether oxygens (including phenoxy) is 2. The molecule has 4 atom stereocenters. The Morgan fingerprint density at radius 3 is 2.21 bits per heavy atom. The molecule has 2 aliphatic rings. The monoisotopic (exact) mass is 500 g/mol. The summed E-state index contributed by atoms with van der Waals surface area (Å²) in [6.07, 6.45) is 0.394. The molecular formula is C26H28O6S2. The van der Waals surface area contributed by atoms with Crippen LogP contribution in [0.2, 0.25) is 0 Å². The third kappa shape index (κ3) is 4.29. The normalized spacial score (nSPS) is 25.5. The number of sulfone groups is 1. The Hall–Kier alpha value is -2.58. The zero-order valence-electron chi connectivity index (χ0n) is 19.4. The summed E-state index contributed by atoms with van der Waals surface area (Å²) in [7, 11) is -4.30. The lowest BCUT2D eigenvalue weighted by Gasteiger charge is -2.35. The molecule has 8 heteroatoms. The van der Waals surface area contributed by atoms with Crippen molar-refractivity contribution in [1.29, 1.82) is 0 Å². The predicted molar refractivity (Wildman–Crippen MR) is 132 cm³/mol. The van der Waals surface area contributed by atoms with Crippen molar-refractivity contribution in [3.8, 4) is 0 Å². The Kier molecular flexibility index (Phi) is 7.19. The Morgan fingerprint density at radius 2 is 1.56 bits per heavy atom. The Bertz CT molecular complexity index is 1220. The van der Waals surface area contributed by atoms with Gasteiger partial charge in [0.2, 0.25) is 0 Å². The van der Waals surface area contributed by atoms with E-state index in [1.807, 2.05) is 61.5 Å². The van der Waals surface area contributed by atoms with Gasteiger partial charge in [0.1, 0.15) is 0 Å². The summed E-state index contributed by atoms with van der Waals surface area (Å²) in [6.45, 7) is 5.27. The minimum atomic E-state index is -4.30. The first-order valence-electron chi connectivity index (χ1n) is 11.4. The van der Waals surface area contributed by atoms with Crippen LogP contribution in [0.4, 0.5) is 0 Å². The van der Waals surface area contributed by atoms with Gasteiger partial charge >= 0.3 is 11.9 Å². The summed E-state index contributed by atoms with van der Waals surface area (Å²) < 4.78 is 38.4. The van der Waals surface area contributed by atoms with Gasteiger partial charge in [0, 0.05) is 11.2 Å². The highest BCUT2D eigenvalue weighted by molar-refractivity contribution is 8.04. The number of allylic oxidation sites excluding steroid dienone is 1. The summed E-state index contributed by atoms with van der Waals surface area (Å²) in [5.74, 6) is -2.41. The minimum Gasteiger partial charge on any atom is -0.465 e. The van der Waals surface area contributed by atoms with Crippen LogP contribution in [0.1, 0.15) is 48.1 Å². The van der Waals surface area contributed by atoms with Crippen LogP contribution >= 0.6 is 11.8 Å². The standard InChI is InChI=1S/C26H28O6S2/c1-4-31-25(27)23-19-15-20(17-12-7-6-8-13-17)33-22(19)21(18-14-10-9-11-16(18)3)24(34(23,29)30)26(28)32-5-2/h6-14,20-21,23-24H,4-5,15H2,1-3H3/t20-,21+,23+,24+/m0/s1. The summed E-state index contributed by atoms with van der Waals surface area (Å²) >= 11 is 1.54. The first kappa shape index (κ1) is 24.5. The molecular weight excluding hydrogens is 472 g/mol. The average Bonchev–Trinajstić information content (AvgIpc) is 3.23. The van der Waals surface area contributed by atoms with E-state index in [1.165, 1.54) is 11.8 Å². The van der Waals surface area contributed by atoms with Crippen molar-refractivity contribution in [3.05, 3.63) is 81.8 Å². The number of esters is 2. The summed E-state index contributed by atoms with van der Waals surface area (Å²) in [5, 5.41) is -3.10. The van der Waals surface area contributed by atoms with Gasteiger partial charge in [0.05, 0.1) is 13.2 Å². The number of hydrogen-bond donors (Lipinski definition) is 0. The van der Waals surface area contributed by atoms with Crippen LogP contribution in [0.5, 0.6) is 0 Å². The number of carbonyl (C=O) groups excluding carboxylic acids is 2. The van der Waals surface area contributed by atoms with Gasteiger partial charge in [-0.2, -0.15) is 0 Å². The van der Waals surface area contributed by atoms with Crippen molar-refractivity contribution >= 4 is 33.5 Å². The second-order valence-corrected chi connectivity index (χ2v) is 11.7. The quantitative estimate of drug-likeness (QED) is 0.540. The zero-order chi connectivity index (χ0) is 24.5. The third-order valence-corrected chi connectivity index (χ3v) is 10.1. The summed E-state index contributed by atoms with van der Waals surface area (Å²) in [4.78, 5) is 27.0. The molecule has 0 aromatic heterocycles. The first-order chi connectivity index (χ1) is 16.3. The molecule has 0 spiro atoms. The fraction of sp³-hybridized carbons (Fsp3) is 0.385. The highest BCUT2D eigenvalue weighted by Crippen LogP contribution is 2.59. The lowest BCUT2D eigenvalue weighted by Crippen LogP contribution is -2.50. The van der Waals surface area contributed by atoms with Crippen molar-refractivity contribution in [2.75, 3.05) is 13.2 Å². The van der Waals surface area contributed by atoms with E-state index in [0.717, 1.165) is 21.6 Å². The molecule has 0 bridgehead atoms. The zero-order valence-corrected chi connectivity index (χ0v) is 21.0. The maximum Gasteiger partial charge on any atom is 0.328 e. The van der Waals surface area contributed by atoms with Gasteiger partial charge in [-0.05, 0) is 54.4 Å². The SMILES string of the molecule is CCOC(=O)[C@H]1C2=C(S[C@H](c3ccccc3)C2)[C@@H](c2ccccc2C)[C@H](C(=O)OCC)S1(=O)=O. The number of rotatable bonds is 6. The maximum atomic E-state index is 14.0. The molecule has 0 amide bonds. The van der Waals surface area contributed by atoms with Crippen molar-refractivity contribution in [1.82, 2.24) is 0 Å². The van der Waals surface area contributed by atoms with E-state index >= 15 is 0 Å². The molecule has 2 heterocycles. The smallest absolute Gasteiger partial charge is 0.328 e. The van der Waals surface area contributed by atoms with E-state index in [2.05, 4.69) is 0 Å². The van der Waals surface area contributed by atoms with Crippen LogP contribution in [-0.2, 0) is 28.9 Å².